The number of hydrogen-bond donors (Lipinski definition) is 1. The van der Waals surface area contributed by atoms with Crippen molar-refractivity contribution >= 4 is 0 Å². The summed E-state index contributed by atoms with van der Waals surface area (Å²) < 4.78 is 5.10. The number of rotatable bonds is 5. The van der Waals surface area contributed by atoms with Gasteiger partial charge in [-0.25, -0.2) is 0 Å². The van der Waals surface area contributed by atoms with Gasteiger partial charge in [-0.05, 0) is 13.8 Å². The predicted molar refractivity (Wildman–Crippen MR) is 42.8 cm³/mol. The SMILES string of the molecule is C#CC(C)NCCOCC. The summed E-state index contributed by atoms with van der Waals surface area (Å²) in [5.41, 5.74) is 0. The Morgan fingerprint density at radius 1 is 1.70 bits per heavy atom. The van der Waals surface area contributed by atoms with Gasteiger partial charge in [-0.1, -0.05) is 5.92 Å². The highest BCUT2D eigenvalue weighted by Crippen LogP contribution is 1.76. The highest BCUT2D eigenvalue weighted by Gasteiger charge is 1.92. The van der Waals surface area contributed by atoms with E-state index in [-0.39, 0.29) is 6.04 Å². The molecule has 0 spiro atoms. The molecule has 0 radical (unpaired) electrons. The van der Waals surface area contributed by atoms with Gasteiger partial charge in [0.25, 0.3) is 0 Å². The van der Waals surface area contributed by atoms with Gasteiger partial charge in [0.05, 0.1) is 12.6 Å². The maximum absolute atomic E-state index is 5.13. The van der Waals surface area contributed by atoms with Crippen LogP contribution in [0.25, 0.3) is 0 Å². The Hall–Kier alpha value is -0.520. The molecule has 2 nitrogen and oxygen atoms in total. The molecule has 1 N–H and O–H groups in total. The van der Waals surface area contributed by atoms with E-state index in [1.54, 1.807) is 0 Å². The largest absolute Gasteiger partial charge is 0.380 e. The molecule has 0 saturated heterocycles. The van der Waals surface area contributed by atoms with Gasteiger partial charge in [0.15, 0.2) is 0 Å². The van der Waals surface area contributed by atoms with Crippen LogP contribution >= 0.6 is 0 Å². The fourth-order valence-corrected chi connectivity index (χ4v) is 0.551. The Bertz CT molecular complexity index is 106. The van der Waals surface area contributed by atoms with E-state index >= 15 is 0 Å². The molecule has 0 aliphatic rings. The number of hydrogen-bond acceptors (Lipinski definition) is 2. The molecular formula is C8H15NO. The summed E-state index contributed by atoms with van der Waals surface area (Å²) in [4.78, 5) is 0. The minimum Gasteiger partial charge on any atom is -0.380 e. The molecule has 0 rings (SSSR count). The molecule has 2 heteroatoms. The van der Waals surface area contributed by atoms with E-state index in [2.05, 4.69) is 11.2 Å². The molecule has 0 saturated carbocycles. The number of terminal acetylenes is 1. The quantitative estimate of drug-likeness (QED) is 0.448. The molecule has 0 aromatic rings. The van der Waals surface area contributed by atoms with Crippen molar-refractivity contribution in [3.8, 4) is 12.3 Å². The third kappa shape index (κ3) is 5.61. The van der Waals surface area contributed by atoms with Gasteiger partial charge in [0, 0.05) is 13.2 Å². The average Bonchev–Trinajstić information content (AvgIpc) is 1.98. The second kappa shape index (κ2) is 6.60. The zero-order valence-corrected chi connectivity index (χ0v) is 6.68. The zero-order chi connectivity index (χ0) is 7.82. The van der Waals surface area contributed by atoms with Crippen molar-refractivity contribution in [3.05, 3.63) is 0 Å². The Kier molecular flexibility index (Phi) is 6.25. The predicted octanol–water partition coefficient (Wildman–Crippen LogP) is 0.634. The first-order chi connectivity index (χ1) is 4.81. The van der Waals surface area contributed by atoms with Gasteiger partial charge in [-0.2, -0.15) is 0 Å². The summed E-state index contributed by atoms with van der Waals surface area (Å²) in [6.07, 6.45) is 5.13. The van der Waals surface area contributed by atoms with Crippen molar-refractivity contribution in [2.45, 2.75) is 19.9 Å². The Balaban J connectivity index is 2.98. The van der Waals surface area contributed by atoms with Crippen LogP contribution in [0, 0.1) is 12.3 Å². The van der Waals surface area contributed by atoms with Crippen LogP contribution in [0.5, 0.6) is 0 Å². The summed E-state index contributed by atoms with van der Waals surface area (Å²) in [6, 6.07) is 0.153. The van der Waals surface area contributed by atoms with Crippen LogP contribution in [0.3, 0.4) is 0 Å². The van der Waals surface area contributed by atoms with E-state index in [4.69, 9.17) is 11.2 Å². The first kappa shape index (κ1) is 9.48. The molecule has 0 fully saturated rings. The third-order valence-corrected chi connectivity index (χ3v) is 1.15. The molecule has 1 atom stereocenters. The van der Waals surface area contributed by atoms with Crippen LogP contribution in [0.2, 0.25) is 0 Å². The van der Waals surface area contributed by atoms with E-state index < -0.39 is 0 Å². The Morgan fingerprint density at radius 2 is 2.40 bits per heavy atom. The maximum atomic E-state index is 5.13. The van der Waals surface area contributed by atoms with Crippen molar-refractivity contribution < 1.29 is 4.74 Å². The van der Waals surface area contributed by atoms with Gasteiger partial charge in [0.2, 0.25) is 0 Å². The van der Waals surface area contributed by atoms with Crippen LogP contribution < -0.4 is 5.32 Å². The van der Waals surface area contributed by atoms with Crippen molar-refractivity contribution in [2.24, 2.45) is 0 Å². The average molecular weight is 141 g/mol. The van der Waals surface area contributed by atoms with Gasteiger partial charge in [-0.15, -0.1) is 6.42 Å². The van der Waals surface area contributed by atoms with E-state index in [1.807, 2.05) is 13.8 Å². The summed E-state index contributed by atoms with van der Waals surface area (Å²) in [6.45, 7) is 6.27. The lowest BCUT2D eigenvalue weighted by Crippen LogP contribution is -2.27. The minimum atomic E-state index is 0.153. The molecule has 0 aliphatic carbocycles. The van der Waals surface area contributed by atoms with E-state index in [1.165, 1.54) is 0 Å². The van der Waals surface area contributed by atoms with E-state index in [0.717, 1.165) is 19.8 Å². The molecule has 0 aromatic heterocycles. The lowest BCUT2D eigenvalue weighted by molar-refractivity contribution is 0.148. The smallest absolute Gasteiger partial charge is 0.0659 e. The zero-order valence-electron chi connectivity index (χ0n) is 6.68. The molecule has 10 heavy (non-hydrogen) atoms. The fraction of sp³-hybridized carbons (Fsp3) is 0.750. The molecule has 0 bridgehead atoms. The third-order valence-electron chi connectivity index (χ3n) is 1.15. The van der Waals surface area contributed by atoms with Crippen molar-refractivity contribution in [1.82, 2.24) is 5.32 Å². The van der Waals surface area contributed by atoms with Crippen LogP contribution in [0.1, 0.15) is 13.8 Å². The highest BCUT2D eigenvalue weighted by molar-refractivity contribution is 4.95. The molecule has 0 aliphatic heterocycles. The first-order valence-electron chi connectivity index (χ1n) is 3.58. The van der Waals surface area contributed by atoms with Crippen molar-refractivity contribution in [2.75, 3.05) is 19.8 Å². The number of nitrogens with one attached hydrogen (secondary N) is 1. The van der Waals surface area contributed by atoms with Crippen LogP contribution in [-0.4, -0.2) is 25.8 Å². The summed E-state index contributed by atoms with van der Waals surface area (Å²) in [5, 5.41) is 3.11. The number of ether oxygens (including phenoxy) is 1. The van der Waals surface area contributed by atoms with Crippen LogP contribution in [0.15, 0.2) is 0 Å². The van der Waals surface area contributed by atoms with Crippen LogP contribution in [0.4, 0.5) is 0 Å². The molecule has 0 aromatic carbocycles. The topological polar surface area (TPSA) is 21.3 Å². The molecule has 0 heterocycles. The maximum Gasteiger partial charge on any atom is 0.0659 e. The van der Waals surface area contributed by atoms with Gasteiger partial charge in [0.1, 0.15) is 0 Å². The Morgan fingerprint density at radius 3 is 2.90 bits per heavy atom. The normalized spacial score (nSPS) is 12.5. The highest BCUT2D eigenvalue weighted by atomic mass is 16.5. The van der Waals surface area contributed by atoms with E-state index in [0.29, 0.717) is 0 Å². The lowest BCUT2D eigenvalue weighted by Gasteiger charge is -2.06. The molecule has 1 unspecified atom stereocenters. The van der Waals surface area contributed by atoms with Gasteiger partial charge >= 0.3 is 0 Å². The van der Waals surface area contributed by atoms with Gasteiger partial charge in [-0.3, -0.25) is 0 Å². The molecular weight excluding hydrogens is 126 g/mol. The monoisotopic (exact) mass is 141 g/mol. The van der Waals surface area contributed by atoms with Crippen LogP contribution in [-0.2, 0) is 4.74 Å². The van der Waals surface area contributed by atoms with Crippen molar-refractivity contribution in [3.63, 3.8) is 0 Å². The molecule has 0 amide bonds. The standard InChI is InChI=1S/C8H15NO/c1-4-8(3)9-6-7-10-5-2/h1,8-9H,5-7H2,2-3H3. The summed E-state index contributed by atoms with van der Waals surface area (Å²) in [5.74, 6) is 2.58. The second-order valence-corrected chi connectivity index (χ2v) is 2.04. The second-order valence-electron chi connectivity index (χ2n) is 2.04. The Labute approximate surface area is 63.0 Å². The molecule has 58 valence electrons. The van der Waals surface area contributed by atoms with Crippen molar-refractivity contribution in [1.29, 1.82) is 0 Å². The summed E-state index contributed by atoms with van der Waals surface area (Å²) >= 11 is 0. The lowest BCUT2D eigenvalue weighted by atomic mass is 10.3. The first-order valence-corrected chi connectivity index (χ1v) is 3.58. The fourth-order valence-electron chi connectivity index (χ4n) is 0.551. The minimum absolute atomic E-state index is 0.153. The van der Waals surface area contributed by atoms with Gasteiger partial charge < -0.3 is 10.1 Å². The summed E-state index contributed by atoms with van der Waals surface area (Å²) in [7, 11) is 0. The van der Waals surface area contributed by atoms with E-state index in [9.17, 15) is 0 Å².